The first-order valence-electron chi connectivity index (χ1n) is 6.27. The standard InChI is InChI=1S/C12H21N3O2/c1-3-6-15-11(13-9-14-15)7-12(16,8-17-2)10-4-5-10/h9-10,16H,3-8H2,1-2H3. The van der Waals surface area contributed by atoms with Crippen LogP contribution in [-0.2, 0) is 17.7 Å². The minimum Gasteiger partial charge on any atom is -0.387 e. The maximum Gasteiger partial charge on any atom is 0.138 e. The predicted molar refractivity (Wildman–Crippen MR) is 63.6 cm³/mol. The van der Waals surface area contributed by atoms with E-state index in [2.05, 4.69) is 17.0 Å². The van der Waals surface area contributed by atoms with Gasteiger partial charge in [0, 0.05) is 20.1 Å². The second-order valence-electron chi connectivity index (χ2n) is 4.89. The van der Waals surface area contributed by atoms with Crippen molar-refractivity contribution in [3.63, 3.8) is 0 Å². The fourth-order valence-corrected chi connectivity index (χ4v) is 2.28. The quantitative estimate of drug-likeness (QED) is 0.771. The first kappa shape index (κ1) is 12.5. The summed E-state index contributed by atoms with van der Waals surface area (Å²) in [5.74, 6) is 1.22. The summed E-state index contributed by atoms with van der Waals surface area (Å²) in [7, 11) is 1.63. The van der Waals surface area contributed by atoms with Crippen molar-refractivity contribution in [2.75, 3.05) is 13.7 Å². The first-order valence-corrected chi connectivity index (χ1v) is 6.27. The fraction of sp³-hybridized carbons (Fsp3) is 0.833. The highest BCUT2D eigenvalue weighted by molar-refractivity contribution is 5.02. The van der Waals surface area contributed by atoms with Gasteiger partial charge in [-0.15, -0.1) is 0 Å². The van der Waals surface area contributed by atoms with E-state index in [1.54, 1.807) is 13.4 Å². The van der Waals surface area contributed by atoms with Crippen LogP contribution >= 0.6 is 0 Å². The largest absolute Gasteiger partial charge is 0.387 e. The number of methoxy groups -OCH3 is 1. The summed E-state index contributed by atoms with van der Waals surface area (Å²) in [6, 6.07) is 0. The lowest BCUT2D eigenvalue weighted by atomic mass is 9.94. The Labute approximate surface area is 102 Å². The van der Waals surface area contributed by atoms with Gasteiger partial charge in [-0.3, -0.25) is 4.68 Å². The number of aliphatic hydroxyl groups is 1. The molecule has 1 N–H and O–H groups in total. The average Bonchev–Trinajstić information content (AvgIpc) is 3.06. The highest BCUT2D eigenvalue weighted by Gasteiger charge is 2.44. The third-order valence-electron chi connectivity index (χ3n) is 3.33. The molecule has 0 saturated heterocycles. The smallest absolute Gasteiger partial charge is 0.138 e. The Morgan fingerprint density at radius 3 is 2.94 bits per heavy atom. The van der Waals surface area contributed by atoms with Crippen molar-refractivity contribution in [2.45, 2.75) is 44.8 Å². The normalized spacial score (nSPS) is 19.2. The molecule has 2 rings (SSSR count). The molecule has 1 aromatic heterocycles. The Bertz CT molecular complexity index is 362. The van der Waals surface area contributed by atoms with Crippen LogP contribution in [0.1, 0.15) is 32.0 Å². The lowest BCUT2D eigenvalue weighted by molar-refractivity contribution is -0.0493. The van der Waals surface area contributed by atoms with E-state index in [9.17, 15) is 5.11 Å². The third kappa shape index (κ3) is 2.84. The van der Waals surface area contributed by atoms with Crippen molar-refractivity contribution in [1.29, 1.82) is 0 Å². The molecule has 0 bridgehead atoms. The van der Waals surface area contributed by atoms with Gasteiger partial charge in [0.25, 0.3) is 0 Å². The van der Waals surface area contributed by atoms with Gasteiger partial charge in [-0.25, -0.2) is 4.98 Å². The van der Waals surface area contributed by atoms with Gasteiger partial charge in [0.1, 0.15) is 12.2 Å². The van der Waals surface area contributed by atoms with Gasteiger partial charge in [0.15, 0.2) is 0 Å². The van der Waals surface area contributed by atoms with Gasteiger partial charge in [-0.2, -0.15) is 5.10 Å². The van der Waals surface area contributed by atoms with E-state index in [-0.39, 0.29) is 0 Å². The number of ether oxygens (including phenoxy) is 1. The number of rotatable bonds is 7. The van der Waals surface area contributed by atoms with Gasteiger partial charge in [0.05, 0.1) is 12.2 Å². The minimum absolute atomic E-state index is 0.356. The molecule has 1 aliphatic rings. The summed E-state index contributed by atoms with van der Waals surface area (Å²) in [6.07, 6.45) is 5.28. The van der Waals surface area contributed by atoms with Crippen molar-refractivity contribution in [1.82, 2.24) is 14.8 Å². The van der Waals surface area contributed by atoms with Crippen LogP contribution < -0.4 is 0 Å². The molecule has 0 amide bonds. The Morgan fingerprint density at radius 1 is 1.59 bits per heavy atom. The maximum absolute atomic E-state index is 10.6. The van der Waals surface area contributed by atoms with Crippen molar-refractivity contribution in [3.8, 4) is 0 Å². The first-order chi connectivity index (χ1) is 8.19. The highest BCUT2D eigenvalue weighted by Crippen LogP contribution is 2.41. The molecule has 1 aliphatic carbocycles. The van der Waals surface area contributed by atoms with Crippen LogP contribution in [0.15, 0.2) is 6.33 Å². The molecule has 1 fully saturated rings. The average molecular weight is 239 g/mol. The Hall–Kier alpha value is -0.940. The summed E-state index contributed by atoms with van der Waals surface area (Å²) in [5.41, 5.74) is -0.771. The zero-order valence-corrected chi connectivity index (χ0v) is 10.6. The lowest BCUT2D eigenvalue weighted by Gasteiger charge is -2.26. The number of nitrogens with zero attached hydrogens (tertiary/aromatic N) is 3. The fourth-order valence-electron chi connectivity index (χ4n) is 2.28. The Morgan fingerprint density at radius 2 is 2.35 bits per heavy atom. The molecule has 0 aliphatic heterocycles. The molecule has 1 aromatic rings. The summed E-state index contributed by atoms with van der Waals surface area (Å²) in [5, 5.41) is 14.8. The molecule has 0 spiro atoms. The number of hydrogen-bond acceptors (Lipinski definition) is 4. The van der Waals surface area contributed by atoms with Crippen LogP contribution in [0.3, 0.4) is 0 Å². The van der Waals surface area contributed by atoms with Gasteiger partial charge in [-0.1, -0.05) is 6.92 Å². The Kier molecular flexibility index (Phi) is 3.79. The van der Waals surface area contributed by atoms with Gasteiger partial charge < -0.3 is 9.84 Å². The zero-order chi connectivity index (χ0) is 12.3. The van der Waals surface area contributed by atoms with Crippen LogP contribution in [0.5, 0.6) is 0 Å². The summed E-state index contributed by atoms with van der Waals surface area (Å²) >= 11 is 0. The van der Waals surface area contributed by atoms with Crippen LogP contribution in [-0.4, -0.2) is 39.2 Å². The number of aromatic nitrogens is 3. The summed E-state index contributed by atoms with van der Waals surface area (Å²) < 4.78 is 7.03. The topological polar surface area (TPSA) is 60.2 Å². The molecule has 0 radical (unpaired) electrons. The number of aryl methyl sites for hydroxylation is 1. The minimum atomic E-state index is -0.771. The molecule has 1 heterocycles. The highest BCUT2D eigenvalue weighted by atomic mass is 16.5. The maximum atomic E-state index is 10.6. The lowest BCUT2D eigenvalue weighted by Crippen LogP contribution is -2.40. The summed E-state index contributed by atoms with van der Waals surface area (Å²) in [4.78, 5) is 4.25. The SMILES string of the molecule is CCCn1ncnc1CC(O)(COC)C1CC1. The van der Waals surface area contributed by atoms with E-state index in [0.29, 0.717) is 18.9 Å². The van der Waals surface area contributed by atoms with Gasteiger partial charge in [0.2, 0.25) is 0 Å². The zero-order valence-electron chi connectivity index (χ0n) is 10.6. The second-order valence-corrected chi connectivity index (χ2v) is 4.89. The van der Waals surface area contributed by atoms with E-state index in [0.717, 1.165) is 31.6 Å². The molecule has 5 heteroatoms. The summed E-state index contributed by atoms with van der Waals surface area (Å²) in [6.45, 7) is 3.33. The van der Waals surface area contributed by atoms with Crippen molar-refractivity contribution in [2.24, 2.45) is 5.92 Å². The molecule has 0 aromatic carbocycles. The molecule has 17 heavy (non-hydrogen) atoms. The van der Waals surface area contributed by atoms with Gasteiger partial charge in [-0.05, 0) is 25.2 Å². The molecule has 1 saturated carbocycles. The van der Waals surface area contributed by atoms with Gasteiger partial charge >= 0.3 is 0 Å². The predicted octanol–water partition coefficient (Wildman–Crippen LogP) is 1.02. The van der Waals surface area contributed by atoms with E-state index in [4.69, 9.17) is 4.74 Å². The van der Waals surface area contributed by atoms with Crippen molar-refractivity contribution >= 4 is 0 Å². The van der Waals surface area contributed by atoms with Crippen molar-refractivity contribution < 1.29 is 9.84 Å². The van der Waals surface area contributed by atoms with Crippen LogP contribution in [0, 0.1) is 5.92 Å². The molecule has 5 nitrogen and oxygen atoms in total. The molecular weight excluding hydrogens is 218 g/mol. The molecule has 1 unspecified atom stereocenters. The van der Waals surface area contributed by atoms with E-state index in [1.165, 1.54) is 0 Å². The Balaban J connectivity index is 2.08. The molecular formula is C12H21N3O2. The monoisotopic (exact) mass is 239 g/mol. The number of hydrogen-bond donors (Lipinski definition) is 1. The van der Waals surface area contributed by atoms with E-state index in [1.807, 2.05) is 4.68 Å². The van der Waals surface area contributed by atoms with Crippen LogP contribution in [0.25, 0.3) is 0 Å². The molecule has 1 atom stereocenters. The van der Waals surface area contributed by atoms with Crippen molar-refractivity contribution in [3.05, 3.63) is 12.2 Å². The molecule has 96 valence electrons. The van der Waals surface area contributed by atoms with E-state index >= 15 is 0 Å². The third-order valence-corrected chi connectivity index (χ3v) is 3.33. The van der Waals surface area contributed by atoms with Crippen LogP contribution in [0.4, 0.5) is 0 Å². The van der Waals surface area contributed by atoms with Crippen LogP contribution in [0.2, 0.25) is 0 Å². The second kappa shape index (κ2) is 5.14. The van der Waals surface area contributed by atoms with E-state index < -0.39 is 5.60 Å².